The van der Waals surface area contributed by atoms with Crippen LogP contribution in [-0.2, 0) is 0 Å². The molecule has 0 bridgehead atoms. The Hall–Kier alpha value is -0.321. The van der Waals surface area contributed by atoms with Crippen molar-refractivity contribution >= 4 is 53.3 Å². The van der Waals surface area contributed by atoms with Gasteiger partial charge in [0.15, 0.2) is 0 Å². The van der Waals surface area contributed by atoms with Gasteiger partial charge in [0, 0.05) is 0 Å². The van der Waals surface area contributed by atoms with Crippen molar-refractivity contribution in [1.29, 1.82) is 0 Å². The van der Waals surface area contributed by atoms with E-state index in [0.29, 0.717) is 0 Å². The Morgan fingerprint density at radius 1 is 0.724 bits per heavy atom. The molecule has 2 aromatic heterocycles. The average molecular weight is 533 g/mol. The van der Waals surface area contributed by atoms with Crippen molar-refractivity contribution in [3.8, 4) is 10.4 Å². The first-order valence-corrected chi connectivity index (χ1v) is 20.8. The summed E-state index contributed by atoms with van der Waals surface area (Å²) in [6, 6.07) is 11.9. The van der Waals surface area contributed by atoms with Gasteiger partial charge >= 0.3 is 192 Å². The van der Waals surface area contributed by atoms with E-state index < -0.39 is 18.4 Å². The van der Waals surface area contributed by atoms with Crippen molar-refractivity contribution < 1.29 is 0 Å². The third-order valence-corrected chi connectivity index (χ3v) is 27.0. The van der Waals surface area contributed by atoms with Crippen LogP contribution in [0.4, 0.5) is 0 Å². The normalized spacial score (nSPS) is 12.2. The summed E-state index contributed by atoms with van der Waals surface area (Å²) in [6.45, 7) is 11.6. The van der Waals surface area contributed by atoms with Gasteiger partial charge in [-0.05, 0) is 0 Å². The Morgan fingerprint density at radius 3 is 1.72 bits per heavy atom. The summed E-state index contributed by atoms with van der Waals surface area (Å²) in [5, 5.41) is 0. The maximum absolute atomic E-state index is 2.67. The average Bonchev–Trinajstić information content (AvgIpc) is 3.27. The van der Waals surface area contributed by atoms with Gasteiger partial charge in [0.05, 0.1) is 0 Å². The van der Waals surface area contributed by atoms with Gasteiger partial charge in [-0.2, -0.15) is 0 Å². The summed E-state index contributed by atoms with van der Waals surface area (Å²) in [4.78, 5) is 1.46. The monoisotopic (exact) mass is 534 g/mol. The number of hydrogen-bond donors (Lipinski definition) is 0. The van der Waals surface area contributed by atoms with Gasteiger partial charge in [-0.1, -0.05) is 0 Å². The van der Waals surface area contributed by atoms with Crippen LogP contribution in [0.1, 0.15) is 70.4 Å². The molecule has 0 saturated carbocycles. The van der Waals surface area contributed by atoms with E-state index in [2.05, 4.69) is 76.3 Å². The Balaban J connectivity index is 2.00. The zero-order valence-electron chi connectivity index (χ0n) is 19.1. The van der Waals surface area contributed by atoms with Crippen LogP contribution < -0.4 is 2.89 Å². The molecule has 0 spiro atoms. The zero-order chi connectivity index (χ0) is 20.9. The second kappa shape index (κ2) is 10.8. The van der Waals surface area contributed by atoms with Crippen molar-refractivity contribution in [3.63, 3.8) is 0 Å². The molecule has 0 amide bonds. The molecule has 0 fully saturated rings. The minimum atomic E-state index is -2.29. The van der Waals surface area contributed by atoms with Gasteiger partial charge in [0.25, 0.3) is 0 Å². The van der Waals surface area contributed by atoms with Gasteiger partial charge in [-0.15, -0.1) is 0 Å². The van der Waals surface area contributed by atoms with E-state index in [9.17, 15) is 0 Å². The van der Waals surface area contributed by atoms with Gasteiger partial charge in [0.2, 0.25) is 0 Å². The van der Waals surface area contributed by atoms with Crippen molar-refractivity contribution in [2.45, 2.75) is 86.5 Å². The molecular formula is C26H38S2Sn. The fourth-order valence-corrected chi connectivity index (χ4v) is 26.8. The Labute approximate surface area is 190 Å². The molecule has 0 nitrogen and oxygen atoms in total. The van der Waals surface area contributed by atoms with E-state index >= 15 is 0 Å². The SMILES string of the molecule is CCC[CH2][Sn]([CH2]CCC)([CH2]CCC)[c]1cc2sc(-c3c(C)cccc3C)cc2s1. The van der Waals surface area contributed by atoms with Crippen LogP contribution in [0, 0.1) is 13.8 Å². The summed E-state index contributed by atoms with van der Waals surface area (Å²) in [5.41, 5.74) is 4.27. The zero-order valence-corrected chi connectivity index (χ0v) is 23.6. The van der Waals surface area contributed by atoms with Crippen LogP contribution in [-0.4, -0.2) is 18.4 Å². The van der Waals surface area contributed by atoms with Gasteiger partial charge < -0.3 is 0 Å². The van der Waals surface area contributed by atoms with E-state index in [1.54, 1.807) is 22.7 Å². The summed E-state index contributed by atoms with van der Waals surface area (Å²) >= 11 is 1.93. The van der Waals surface area contributed by atoms with Crippen LogP contribution in [0.15, 0.2) is 30.3 Å². The molecule has 158 valence electrons. The Morgan fingerprint density at radius 2 is 1.24 bits per heavy atom. The molecule has 1 aromatic carbocycles. The molecule has 0 aliphatic carbocycles. The van der Waals surface area contributed by atoms with Crippen LogP contribution in [0.5, 0.6) is 0 Å². The maximum atomic E-state index is 2.67. The van der Waals surface area contributed by atoms with Gasteiger partial charge in [-0.25, -0.2) is 0 Å². The molecular weight excluding hydrogens is 495 g/mol. The number of benzene rings is 1. The summed E-state index contributed by atoms with van der Waals surface area (Å²) in [6.07, 6.45) is 8.41. The molecule has 0 N–H and O–H groups in total. The van der Waals surface area contributed by atoms with Crippen LogP contribution in [0.3, 0.4) is 0 Å². The molecule has 0 aliphatic heterocycles. The number of aryl methyl sites for hydroxylation is 2. The Kier molecular flexibility index (Phi) is 8.71. The van der Waals surface area contributed by atoms with Crippen LogP contribution in [0.25, 0.3) is 19.8 Å². The van der Waals surface area contributed by atoms with Crippen molar-refractivity contribution in [2.75, 3.05) is 0 Å². The number of hydrogen-bond acceptors (Lipinski definition) is 2. The van der Waals surface area contributed by atoms with E-state index in [0.717, 1.165) is 0 Å². The van der Waals surface area contributed by atoms with Crippen molar-refractivity contribution in [2.24, 2.45) is 0 Å². The first-order valence-electron chi connectivity index (χ1n) is 11.6. The van der Waals surface area contributed by atoms with E-state index in [-0.39, 0.29) is 0 Å². The second-order valence-electron chi connectivity index (χ2n) is 8.81. The summed E-state index contributed by atoms with van der Waals surface area (Å²) in [7, 11) is 0. The second-order valence-corrected chi connectivity index (χ2v) is 25.1. The predicted octanol–water partition coefficient (Wildman–Crippen LogP) is 9.30. The van der Waals surface area contributed by atoms with Gasteiger partial charge in [0.1, 0.15) is 0 Å². The predicted molar refractivity (Wildman–Crippen MR) is 139 cm³/mol. The quantitative estimate of drug-likeness (QED) is 0.216. The van der Waals surface area contributed by atoms with E-state index in [1.165, 1.54) is 60.1 Å². The summed E-state index contributed by atoms with van der Waals surface area (Å²) in [5.74, 6) is 0. The summed E-state index contributed by atoms with van der Waals surface area (Å²) < 4.78 is 9.69. The fraction of sp³-hybridized carbons (Fsp3) is 0.538. The number of fused-ring (bicyclic) bond motifs is 1. The molecule has 3 rings (SSSR count). The molecule has 29 heavy (non-hydrogen) atoms. The molecule has 0 atom stereocenters. The first kappa shape index (κ1) is 23.3. The molecule has 0 unspecified atom stereocenters. The van der Waals surface area contributed by atoms with Crippen molar-refractivity contribution in [3.05, 3.63) is 41.5 Å². The van der Waals surface area contributed by atoms with Gasteiger partial charge in [-0.3, -0.25) is 0 Å². The molecule has 3 aromatic rings. The first-order chi connectivity index (χ1) is 14.0. The van der Waals surface area contributed by atoms with Crippen molar-refractivity contribution in [1.82, 2.24) is 0 Å². The Bertz CT molecular complexity index is 845. The third-order valence-electron chi connectivity index (χ3n) is 6.48. The van der Waals surface area contributed by atoms with E-state index in [1.807, 2.05) is 14.2 Å². The van der Waals surface area contributed by atoms with Crippen LogP contribution >= 0.6 is 22.7 Å². The molecule has 3 heteroatoms. The third kappa shape index (κ3) is 5.30. The number of rotatable bonds is 11. The minimum absolute atomic E-state index is 1.35. The molecule has 0 aliphatic rings. The molecule has 0 radical (unpaired) electrons. The topological polar surface area (TPSA) is 0 Å². The molecule has 2 heterocycles. The number of unbranched alkanes of at least 4 members (excludes halogenated alkanes) is 3. The number of thiophene rings is 2. The molecule has 0 saturated heterocycles. The standard InChI is InChI=1S/C14H11S2.3C4H9.Sn/c1-9-4-3-5-10(2)14(9)13-8-12-11(16-13)6-7-15-12;3*1-3-4-2;/h3-6,8H,1-2H3;3*1,3-4H2,2H3;. The fourth-order valence-electron chi connectivity index (χ4n) is 4.71. The van der Waals surface area contributed by atoms with Crippen LogP contribution in [0.2, 0.25) is 13.3 Å². The van der Waals surface area contributed by atoms with E-state index in [4.69, 9.17) is 0 Å².